The number of ether oxygens (including phenoxy) is 3. The first-order valence-corrected chi connectivity index (χ1v) is 23.5. The molecule has 4 atom stereocenters. The third-order valence-corrected chi connectivity index (χ3v) is 14.9. The van der Waals surface area contributed by atoms with E-state index >= 15 is 4.39 Å². The largest absolute Gasteiger partial charge is 0.497 e. The highest BCUT2D eigenvalue weighted by molar-refractivity contribution is 7.14. The number of rotatable bonds is 13. The number of hydrogen-bond donors (Lipinski definition) is 2. The molecule has 3 aliphatic rings. The average molecular weight is 903 g/mol. The highest BCUT2D eigenvalue weighted by atomic mass is 32.1. The number of aliphatic carboxylic acids is 2. The molecule has 0 bridgehead atoms. The van der Waals surface area contributed by atoms with Crippen molar-refractivity contribution in [3.63, 3.8) is 0 Å². The number of nitrogens with zero attached hydrogens (tertiary/aromatic N) is 1. The molecule has 9 rings (SSSR count). The summed E-state index contributed by atoms with van der Waals surface area (Å²) in [6.45, 7) is 6.23. The van der Waals surface area contributed by atoms with Crippen LogP contribution in [0.1, 0.15) is 114 Å². The SMILES string of the molecule is CC#CC(CC(=O)O)c1ccc2c(c1)CCC(c1sc(-c3ccccc3)[n+](C3(C)CCC=C3c3cc(C4CCc5ccc(CCC(=O)O)cc5O4)ccc3-c3cc(OC)ccc3F)c1C)O2. The molecule has 0 saturated carbocycles. The number of fused-ring (bicyclic) bond motifs is 2. The maximum atomic E-state index is 16.2. The zero-order valence-corrected chi connectivity index (χ0v) is 38.5. The molecular formula is C56H53FNO7S+. The van der Waals surface area contributed by atoms with E-state index in [1.54, 1.807) is 37.5 Å². The standard InChI is InChI=1S/C56H52FNO7S/c1-5-10-38(32-53(61)62)39-19-25-48-40(30-39)20-26-50(64-48)54-34(2)58(55(66-54)37-11-7-6-8-12-37)56(3)28-9-13-46(56)44-31-41(17-22-43(44)45-33-42(63-4)21-23-47(45)57)49-24-18-36-16-14-35(15-27-52(59)60)29-51(36)65-49/h6-8,11-14,16-17,19,21-23,25,29-31,33,38,49-50H,9,15,18,20,24,26-28,32H2,1-4H3,(H-,59,60,61,62)/p+1. The molecule has 0 amide bonds. The van der Waals surface area contributed by atoms with Gasteiger partial charge in [-0.1, -0.05) is 77.9 Å². The summed E-state index contributed by atoms with van der Waals surface area (Å²) in [5, 5.41) is 20.0. The van der Waals surface area contributed by atoms with Gasteiger partial charge in [0.1, 0.15) is 40.2 Å². The van der Waals surface area contributed by atoms with Crippen molar-refractivity contribution in [1.29, 1.82) is 0 Å². The van der Waals surface area contributed by atoms with Crippen LogP contribution in [0.3, 0.4) is 0 Å². The van der Waals surface area contributed by atoms with Gasteiger partial charge in [0.15, 0.2) is 11.2 Å². The lowest BCUT2D eigenvalue weighted by Crippen LogP contribution is -2.56. The van der Waals surface area contributed by atoms with E-state index in [9.17, 15) is 19.8 Å². The number of benzene rings is 5. The normalized spacial score (nSPS) is 19.0. The summed E-state index contributed by atoms with van der Waals surface area (Å²) in [5.74, 6) is 5.67. The van der Waals surface area contributed by atoms with Crippen molar-refractivity contribution in [1.82, 2.24) is 0 Å². The molecule has 0 spiro atoms. The van der Waals surface area contributed by atoms with E-state index in [4.69, 9.17) is 14.2 Å². The minimum Gasteiger partial charge on any atom is -0.497 e. The van der Waals surface area contributed by atoms with Gasteiger partial charge in [-0.25, -0.2) is 4.39 Å². The predicted molar refractivity (Wildman–Crippen MR) is 255 cm³/mol. The first kappa shape index (κ1) is 44.5. The van der Waals surface area contributed by atoms with Crippen molar-refractivity contribution in [3.8, 4) is 50.8 Å². The van der Waals surface area contributed by atoms with Crippen LogP contribution >= 0.6 is 11.3 Å². The van der Waals surface area contributed by atoms with Gasteiger partial charge in [-0.3, -0.25) is 9.59 Å². The second-order valence-corrected chi connectivity index (χ2v) is 18.7. The van der Waals surface area contributed by atoms with Crippen molar-refractivity contribution < 1.29 is 43.0 Å². The van der Waals surface area contributed by atoms with Crippen molar-refractivity contribution >= 4 is 28.8 Å². The second kappa shape index (κ2) is 18.7. The van der Waals surface area contributed by atoms with Crippen LogP contribution in [0.15, 0.2) is 109 Å². The first-order chi connectivity index (χ1) is 31.9. The van der Waals surface area contributed by atoms with Gasteiger partial charge in [0.2, 0.25) is 0 Å². The Kier molecular flexibility index (Phi) is 12.6. The molecule has 5 aromatic carbocycles. The van der Waals surface area contributed by atoms with Crippen LogP contribution in [0, 0.1) is 24.6 Å². The molecule has 1 aromatic heterocycles. The second-order valence-electron chi connectivity index (χ2n) is 17.7. The molecule has 0 radical (unpaired) electrons. The summed E-state index contributed by atoms with van der Waals surface area (Å²) in [6, 6.07) is 33.6. The Bertz CT molecular complexity index is 2950. The Morgan fingerprint density at radius 1 is 0.879 bits per heavy atom. The smallest absolute Gasteiger partial charge is 0.304 e. The van der Waals surface area contributed by atoms with E-state index in [2.05, 4.69) is 78.8 Å². The van der Waals surface area contributed by atoms with Gasteiger partial charge in [0.25, 0.3) is 5.01 Å². The van der Waals surface area contributed by atoms with Crippen molar-refractivity contribution in [2.75, 3.05) is 7.11 Å². The number of carboxylic acids is 2. The van der Waals surface area contributed by atoms with Gasteiger partial charge in [0.05, 0.1) is 25.0 Å². The molecule has 4 unspecified atom stereocenters. The molecule has 0 saturated heterocycles. The highest BCUT2D eigenvalue weighted by Gasteiger charge is 2.49. The molecule has 2 N–H and O–H groups in total. The van der Waals surface area contributed by atoms with E-state index in [1.807, 2.05) is 42.5 Å². The number of halogens is 1. The first-order valence-electron chi connectivity index (χ1n) is 22.7. The molecule has 6 aromatic rings. The third-order valence-electron chi connectivity index (χ3n) is 13.5. The third kappa shape index (κ3) is 8.72. The quantitative estimate of drug-likeness (QED) is 0.0878. The molecule has 2 aliphatic heterocycles. The van der Waals surface area contributed by atoms with E-state index < -0.39 is 23.4 Å². The molecule has 8 nitrogen and oxygen atoms in total. The lowest BCUT2D eigenvalue weighted by molar-refractivity contribution is -0.737. The fourth-order valence-electron chi connectivity index (χ4n) is 10.2. The van der Waals surface area contributed by atoms with Crippen LogP contribution in [0.5, 0.6) is 17.2 Å². The summed E-state index contributed by atoms with van der Waals surface area (Å²) >= 11 is 1.76. The zero-order chi connectivity index (χ0) is 46.1. The lowest BCUT2D eigenvalue weighted by atomic mass is 9.82. The number of carbonyl (C=O) groups is 2. The number of aromatic nitrogens is 1. The Morgan fingerprint density at radius 2 is 1.67 bits per heavy atom. The maximum absolute atomic E-state index is 16.2. The summed E-state index contributed by atoms with van der Waals surface area (Å²) in [6.07, 6.45) is 6.97. The maximum Gasteiger partial charge on any atom is 0.304 e. The lowest BCUT2D eigenvalue weighted by Gasteiger charge is -2.30. The van der Waals surface area contributed by atoms with Crippen molar-refractivity contribution in [3.05, 3.63) is 159 Å². The number of thiazole rings is 1. The molecular weight excluding hydrogens is 850 g/mol. The van der Waals surface area contributed by atoms with Gasteiger partial charge in [-0.05, 0) is 133 Å². The Labute approximate surface area is 389 Å². The van der Waals surface area contributed by atoms with E-state index in [0.717, 1.165) is 116 Å². The average Bonchev–Trinajstić information content (AvgIpc) is 3.90. The molecule has 1 aliphatic carbocycles. The fraction of sp³-hybridized carbons (Fsp3) is 0.304. The number of aryl methyl sites for hydroxylation is 3. The van der Waals surface area contributed by atoms with Gasteiger partial charge in [0, 0.05) is 37.8 Å². The van der Waals surface area contributed by atoms with Crippen LogP contribution in [-0.4, -0.2) is 29.3 Å². The molecule has 3 heterocycles. The topological polar surface area (TPSA) is 106 Å². The van der Waals surface area contributed by atoms with Crippen LogP contribution in [0.25, 0.3) is 27.3 Å². The van der Waals surface area contributed by atoms with Gasteiger partial charge in [-0.15, -0.1) is 5.92 Å². The minimum atomic E-state index is -0.881. The monoisotopic (exact) mass is 902 g/mol. The Morgan fingerprint density at radius 3 is 2.44 bits per heavy atom. The predicted octanol–water partition coefficient (Wildman–Crippen LogP) is 12.1. The Hall–Kier alpha value is -6.70. The van der Waals surface area contributed by atoms with Crippen LogP contribution in [0.2, 0.25) is 0 Å². The van der Waals surface area contributed by atoms with E-state index in [-0.39, 0.29) is 30.9 Å². The summed E-state index contributed by atoms with van der Waals surface area (Å²) in [7, 11) is 1.59. The van der Waals surface area contributed by atoms with Gasteiger partial charge in [-0.2, -0.15) is 4.57 Å². The zero-order valence-electron chi connectivity index (χ0n) is 37.7. The molecule has 66 heavy (non-hydrogen) atoms. The van der Waals surface area contributed by atoms with Gasteiger partial charge >= 0.3 is 11.9 Å². The number of allylic oxidation sites excluding steroid dienone is 2. The Balaban J connectivity index is 1.13. The van der Waals surface area contributed by atoms with E-state index in [1.165, 1.54) is 6.07 Å². The summed E-state index contributed by atoms with van der Waals surface area (Å²) < 4.78 is 37.9. The highest BCUT2D eigenvalue weighted by Crippen LogP contribution is 2.49. The van der Waals surface area contributed by atoms with Crippen LogP contribution < -0.4 is 18.8 Å². The number of carboxylic acid groups (broad SMARTS) is 2. The molecule has 336 valence electrons. The number of methoxy groups -OCH3 is 1. The number of hydrogen-bond acceptors (Lipinski definition) is 6. The minimum absolute atomic E-state index is 0.0483. The van der Waals surface area contributed by atoms with Crippen LogP contribution in [-0.2, 0) is 34.4 Å². The van der Waals surface area contributed by atoms with Gasteiger partial charge < -0.3 is 24.4 Å². The molecule has 0 fully saturated rings. The van der Waals surface area contributed by atoms with E-state index in [0.29, 0.717) is 17.7 Å². The fourth-order valence-corrected chi connectivity index (χ4v) is 11.6. The van der Waals surface area contributed by atoms with Crippen molar-refractivity contribution in [2.24, 2.45) is 0 Å². The van der Waals surface area contributed by atoms with Crippen molar-refractivity contribution in [2.45, 2.75) is 102 Å². The van der Waals surface area contributed by atoms with Crippen LogP contribution in [0.4, 0.5) is 4.39 Å². The molecule has 10 heteroatoms. The summed E-state index contributed by atoms with van der Waals surface area (Å²) in [5.41, 5.74) is 9.82. The summed E-state index contributed by atoms with van der Waals surface area (Å²) in [4.78, 5) is 24.2.